The van der Waals surface area contributed by atoms with Crippen LogP contribution in [-0.4, -0.2) is 31.3 Å². The molecule has 1 atom stereocenters. The van der Waals surface area contributed by atoms with Crippen molar-refractivity contribution >= 4 is 41.1 Å². The lowest BCUT2D eigenvalue weighted by Crippen LogP contribution is -2.30. The third-order valence-corrected chi connectivity index (χ3v) is 5.36. The van der Waals surface area contributed by atoms with Gasteiger partial charge in [0.2, 0.25) is 0 Å². The Kier molecular flexibility index (Phi) is 5.69. The van der Waals surface area contributed by atoms with Crippen LogP contribution in [0.15, 0.2) is 29.3 Å². The minimum absolute atomic E-state index is 0.0964. The highest BCUT2D eigenvalue weighted by Gasteiger charge is 2.27. The van der Waals surface area contributed by atoms with Crippen LogP contribution in [0.2, 0.25) is 5.02 Å². The standard InChI is InChI=1S/C21H20ClFN4O4/c1-30-17-9-14-11(8-12(17)20(24)28)15(6-7-25-14)31-16-5-4-13(18(22)19(16)23)27-21(29)26-10-2-3-10/h4-5,7-10,15H,2-3,6H2,1H3,(H2,24,28)(H2,26,27,29). The zero-order chi connectivity index (χ0) is 22.1. The van der Waals surface area contributed by atoms with Gasteiger partial charge < -0.3 is 25.8 Å². The Morgan fingerprint density at radius 1 is 1.26 bits per heavy atom. The number of primary amides is 1. The van der Waals surface area contributed by atoms with Crippen LogP contribution in [0.25, 0.3) is 0 Å². The highest BCUT2D eigenvalue weighted by molar-refractivity contribution is 6.34. The van der Waals surface area contributed by atoms with Crippen molar-refractivity contribution in [2.75, 3.05) is 12.4 Å². The number of fused-ring (bicyclic) bond motifs is 1. The Morgan fingerprint density at radius 3 is 2.71 bits per heavy atom. The van der Waals surface area contributed by atoms with Crippen LogP contribution in [0.3, 0.4) is 0 Å². The van der Waals surface area contributed by atoms with E-state index in [0.717, 1.165) is 12.8 Å². The molecule has 1 fully saturated rings. The lowest BCUT2D eigenvalue weighted by Gasteiger charge is -2.24. The van der Waals surface area contributed by atoms with Crippen molar-refractivity contribution in [3.63, 3.8) is 0 Å². The topological polar surface area (TPSA) is 115 Å². The number of hydrogen-bond acceptors (Lipinski definition) is 5. The van der Waals surface area contributed by atoms with Gasteiger partial charge in [-0.15, -0.1) is 0 Å². The smallest absolute Gasteiger partial charge is 0.319 e. The highest BCUT2D eigenvalue weighted by Crippen LogP contribution is 2.40. The molecule has 2 aromatic rings. The number of nitrogens with one attached hydrogen (secondary N) is 2. The number of halogens is 2. The molecule has 0 bridgehead atoms. The fourth-order valence-corrected chi connectivity index (χ4v) is 3.45. The number of aliphatic imine (C=N–C) groups is 1. The molecule has 1 saturated carbocycles. The predicted molar refractivity (Wildman–Crippen MR) is 114 cm³/mol. The van der Waals surface area contributed by atoms with Crippen molar-refractivity contribution in [2.45, 2.75) is 31.4 Å². The predicted octanol–water partition coefficient (Wildman–Crippen LogP) is 4.10. The summed E-state index contributed by atoms with van der Waals surface area (Å²) in [5.74, 6) is -1.28. The van der Waals surface area contributed by atoms with E-state index in [1.807, 2.05) is 0 Å². The molecule has 0 aromatic heterocycles. The van der Waals surface area contributed by atoms with Gasteiger partial charge in [0.25, 0.3) is 5.91 Å². The molecule has 1 aliphatic carbocycles. The number of hydrogen-bond donors (Lipinski definition) is 3. The summed E-state index contributed by atoms with van der Waals surface area (Å²) in [4.78, 5) is 28.0. The van der Waals surface area contributed by atoms with Crippen molar-refractivity contribution in [3.05, 3.63) is 46.2 Å². The fourth-order valence-electron chi connectivity index (χ4n) is 3.25. The summed E-state index contributed by atoms with van der Waals surface area (Å²) in [6.45, 7) is 0. The van der Waals surface area contributed by atoms with Crippen LogP contribution < -0.4 is 25.8 Å². The van der Waals surface area contributed by atoms with E-state index >= 15 is 0 Å². The third kappa shape index (κ3) is 4.41. The van der Waals surface area contributed by atoms with Gasteiger partial charge in [-0.2, -0.15) is 0 Å². The summed E-state index contributed by atoms with van der Waals surface area (Å²) in [5.41, 5.74) is 6.84. The van der Waals surface area contributed by atoms with E-state index in [2.05, 4.69) is 15.6 Å². The largest absolute Gasteiger partial charge is 0.496 e. The quantitative estimate of drug-likeness (QED) is 0.619. The second kappa shape index (κ2) is 8.43. The number of benzene rings is 2. The molecule has 2 aromatic carbocycles. The van der Waals surface area contributed by atoms with E-state index < -0.39 is 23.9 Å². The van der Waals surface area contributed by atoms with Crippen LogP contribution in [0.1, 0.15) is 41.3 Å². The summed E-state index contributed by atoms with van der Waals surface area (Å²) in [7, 11) is 1.42. The van der Waals surface area contributed by atoms with Crippen molar-refractivity contribution in [3.8, 4) is 11.5 Å². The lowest BCUT2D eigenvalue weighted by molar-refractivity contribution is 0.0997. The van der Waals surface area contributed by atoms with Gasteiger partial charge in [-0.05, 0) is 31.0 Å². The summed E-state index contributed by atoms with van der Waals surface area (Å²) in [6.07, 6.45) is 3.21. The molecule has 2 aliphatic rings. The maximum atomic E-state index is 14.9. The fraction of sp³-hybridized carbons (Fsp3) is 0.286. The van der Waals surface area contributed by atoms with E-state index in [4.69, 9.17) is 26.8 Å². The molecule has 0 saturated heterocycles. The van der Waals surface area contributed by atoms with Crippen molar-refractivity contribution in [1.29, 1.82) is 0 Å². The first kappa shape index (κ1) is 20.9. The third-order valence-electron chi connectivity index (χ3n) is 4.99. The van der Waals surface area contributed by atoms with Crippen LogP contribution in [-0.2, 0) is 0 Å². The van der Waals surface area contributed by atoms with Gasteiger partial charge in [0, 0.05) is 30.3 Å². The molecule has 162 valence electrons. The molecule has 3 amide bonds. The van der Waals surface area contributed by atoms with Gasteiger partial charge in [0.15, 0.2) is 11.6 Å². The zero-order valence-corrected chi connectivity index (χ0v) is 17.3. The molecule has 1 aliphatic heterocycles. The normalized spacial score (nSPS) is 16.9. The van der Waals surface area contributed by atoms with Crippen molar-refractivity contribution < 1.29 is 23.5 Å². The number of urea groups is 1. The van der Waals surface area contributed by atoms with Crippen LogP contribution in [0.4, 0.5) is 20.6 Å². The van der Waals surface area contributed by atoms with Crippen LogP contribution in [0, 0.1) is 5.82 Å². The highest BCUT2D eigenvalue weighted by atomic mass is 35.5. The number of rotatable bonds is 6. The summed E-state index contributed by atoms with van der Waals surface area (Å²) >= 11 is 6.12. The van der Waals surface area contributed by atoms with Crippen molar-refractivity contribution in [2.24, 2.45) is 10.7 Å². The lowest BCUT2D eigenvalue weighted by atomic mass is 9.98. The number of carbonyl (C=O) groups excluding carboxylic acids is 2. The second-order valence-electron chi connectivity index (χ2n) is 7.24. The molecule has 8 nitrogen and oxygen atoms in total. The molecule has 4 N–H and O–H groups in total. The molecule has 0 radical (unpaired) electrons. The molecule has 1 heterocycles. The maximum Gasteiger partial charge on any atom is 0.319 e. The molecule has 31 heavy (non-hydrogen) atoms. The number of methoxy groups -OCH3 is 1. The second-order valence-corrected chi connectivity index (χ2v) is 7.62. The summed E-state index contributed by atoms with van der Waals surface area (Å²) in [5, 5.41) is 5.01. The Bertz CT molecular complexity index is 1090. The van der Waals surface area contributed by atoms with Gasteiger partial charge in [-0.25, -0.2) is 9.18 Å². The van der Waals surface area contributed by atoms with Crippen LogP contribution in [0.5, 0.6) is 11.5 Å². The van der Waals surface area contributed by atoms with E-state index in [-0.39, 0.29) is 33.8 Å². The first-order chi connectivity index (χ1) is 14.9. The van der Waals surface area contributed by atoms with Crippen LogP contribution >= 0.6 is 11.6 Å². The summed E-state index contributed by atoms with van der Waals surface area (Å²) < 4.78 is 26.0. The molecule has 10 heteroatoms. The van der Waals surface area contributed by atoms with E-state index in [1.165, 1.54) is 25.3 Å². The van der Waals surface area contributed by atoms with Gasteiger partial charge in [0.05, 0.1) is 24.0 Å². The molecule has 0 spiro atoms. The molecule has 1 unspecified atom stereocenters. The first-order valence-corrected chi connectivity index (χ1v) is 10.0. The molecular formula is C21H20ClFN4O4. The van der Waals surface area contributed by atoms with E-state index in [0.29, 0.717) is 17.7 Å². The average Bonchev–Trinajstić information content (AvgIpc) is 3.56. The van der Waals surface area contributed by atoms with Gasteiger partial charge in [0.1, 0.15) is 16.9 Å². The number of ether oxygens (including phenoxy) is 2. The first-order valence-electron chi connectivity index (χ1n) is 9.63. The Balaban J connectivity index is 1.58. The summed E-state index contributed by atoms with van der Waals surface area (Å²) in [6, 6.07) is 5.68. The van der Waals surface area contributed by atoms with Gasteiger partial charge >= 0.3 is 6.03 Å². The number of carbonyl (C=O) groups is 2. The van der Waals surface area contributed by atoms with E-state index in [1.54, 1.807) is 12.3 Å². The number of amides is 3. The Labute approximate surface area is 182 Å². The van der Waals surface area contributed by atoms with Gasteiger partial charge in [-0.1, -0.05) is 11.6 Å². The monoisotopic (exact) mass is 446 g/mol. The van der Waals surface area contributed by atoms with Gasteiger partial charge in [-0.3, -0.25) is 9.79 Å². The Morgan fingerprint density at radius 2 is 2.03 bits per heavy atom. The minimum Gasteiger partial charge on any atom is -0.496 e. The number of nitrogens with two attached hydrogens (primary N) is 1. The molecular weight excluding hydrogens is 427 g/mol. The molecule has 4 rings (SSSR count). The average molecular weight is 447 g/mol. The Hall–Kier alpha value is -3.33. The minimum atomic E-state index is -0.807. The maximum absolute atomic E-state index is 14.9. The number of nitrogens with zero attached hydrogens (tertiary/aromatic N) is 1. The van der Waals surface area contributed by atoms with E-state index in [9.17, 15) is 14.0 Å². The number of anilines is 1. The zero-order valence-electron chi connectivity index (χ0n) is 16.6. The van der Waals surface area contributed by atoms with Crippen molar-refractivity contribution in [1.82, 2.24) is 5.32 Å². The SMILES string of the molecule is COc1cc2c(cc1C(N)=O)C(Oc1ccc(NC(=O)NC3CC3)c(Cl)c1F)CC=N2.